The molecule has 0 amide bonds. The van der Waals surface area contributed by atoms with Crippen LogP contribution in [0.4, 0.5) is 0 Å². The molecule has 1 atom stereocenters. The first kappa shape index (κ1) is 20.3. The number of benzene rings is 2. The Morgan fingerprint density at radius 3 is 2.50 bits per heavy atom. The van der Waals surface area contributed by atoms with Crippen molar-refractivity contribution in [1.82, 2.24) is 0 Å². The van der Waals surface area contributed by atoms with Gasteiger partial charge in [-0.1, -0.05) is 30.3 Å². The molecule has 3 N–H and O–H groups in total. The number of hydrogen-bond acceptors (Lipinski definition) is 4. The number of methoxy groups -OCH3 is 1. The Kier molecular flexibility index (Phi) is 7.49. The van der Waals surface area contributed by atoms with E-state index >= 15 is 0 Å². The van der Waals surface area contributed by atoms with Crippen molar-refractivity contribution in [3.05, 3.63) is 59.7 Å². The summed E-state index contributed by atoms with van der Waals surface area (Å²) >= 11 is 0. The molecule has 2 aromatic carbocycles. The first-order valence-electron chi connectivity index (χ1n) is 9.24. The fraction of sp³-hybridized carbons (Fsp3) is 0.455. The molecule has 26 heavy (non-hydrogen) atoms. The van der Waals surface area contributed by atoms with Gasteiger partial charge >= 0.3 is 0 Å². The van der Waals surface area contributed by atoms with Crippen LogP contribution in [-0.2, 0) is 12.8 Å². The number of unbranched alkanes of at least 4 members (excludes halogenated alkanes) is 1. The van der Waals surface area contributed by atoms with Gasteiger partial charge < -0.3 is 20.3 Å². The van der Waals surface area contributed by atoms with Crippen molar-refractivity contribution >= 4 is 0 Å². The highest BCUT2D eigenvalue weighted by atomic mass is 16.5. The minimum Gasteiger partial charge on any atom is -0.497 e. The zero-order chi connectivity index (χ0) is 19.0. The first-order chi connectivity index (χ1) is 12.5. The van der Waals surface area contributed by atoms with Crippen LogP contribution in [0.5, 0.6) is 11.5 Å². The van der Waals surface area contributed by atoms with Crippen LogP contribution in [0.2, 0.25) is 0 Å². The number of aliphatic hydroxyl groups is 1. The van der Waals surface area contributed by atoms with Crippen LogP contribution < -0.4 is 15.2 Å². The summed E-state index contributed by atoms with van der Waals surface area (Å²) in [4.78, 5) is 0. The number of rotatable bonds is 10. The summed E-state index contributed by atoms with van der Waals surface area (Å²) in [7, 11) is 1.69. The first-order valence-corrected chi connectivity index (χ1v) is 9.24. The van der Waals surface area contributed by atoms with Crippen LogP contribution in [0, 0.1) is 0 Å². The topological polar surface area (TPSA) is 64.7 Å². The van der Waals surface area contributed by atoms with E-state index in [-0.39, 0.29) is 6.54 Å². The minimum absolute atomic E-state index is 0.176. The van der Waals surface area contributed by atoms with Crippen LogP contribution >= 0.6 is 0 Å². The van der Waals surface area contributed by atoms with Gasteiger partial charge in [-0.25, -0.2) is 0 Å². The van der Waals surface area contributed by atoms with E-state index in [1.165, 1.54) is 5.56 Å². The lowest BCUT2D eigenvalue weighted by molar-refractivity contribution is -0.0233. The normalized spacial score (nSPS) is 12.7. The van der Waals surface area contributed by atoms with Gasteiger partial charge in [0.15, 0.2) is 0 Å². The number of para-hydroxylation sites is 1. The molecule has 0 saturated carbocycles. The molecular weight excluding hydrogens is 326 g/mol. The highest BCUT2D eigenvalue weighted by molar-refractivity contribution is 5.34. The number of hydrogen-bond donors (Lipinski definition) is 2. The highest BCUT2D eigenvalue weighted by Crippen LogP contribution is 2.26. The molecule has 0 aromatic heterocycles. The molecule has 0 aliphatic rings. The molecule has 0 fully saturated rings. The standard InChI is InChI=1S/C22H31NO3/c1-22(2,21(24)16-23)26-20-14-7-6-12-18(20)11-5-4-9-17-10-8-13-19(15-17)25-3/h6-8,10,12-15,21,24H,4-5,9,11,16,23H2,1-3H3. The summed E-state index contributed by atoms with van der Waals surface area (Å²) in [6.45, 7) is 3.91. The molecule has 0 aliphatic heterocycles. The summed E-state index contributed by atoms with van der Waals surface area (Å²) < 4.78 is 11.4. The van der Waals surface area contributed by atoms with Crippen LogP contribution in [-0.4, -0.2) is 30.5 Å². The fourth-order valence-electron chi connectivity index (χ4n) is 2.92. The number of aliphatic hydroxyl groups excluding tert-OH is 1. The molecule has 1 unspecified atom stereocenters. The van der Waals surface area contributed by atoms with Gasteiger partial charge in [0.25, 0.3) is 0 Å². The van der Waals surface area contributed by atoms with Gasteiger partial charge in [0.2, 0.25) is 0 Å². The van der Waals surface area contributed by atoms with Gasteiger partial charge in [-0.05, 0) is 68.9 Å². The van der Waals surface area contributed by atoms with Crippen molar-refractivity contribution in [1.29, 1.82) is 0 Å². The Morgan fingerprint density at radius 2 is 1.77 bits per heavy atom. The van der Waals surface area contributed by atoms with Gasteiger partial charge in [0.05, 0.1) is 7.11 Å². The van der Waals surface area contributed by atoms with Crippen molar-refractivity contribution in [3.63, 3.8) is 0 Å². The predicted molar refractivity (Wildman–Crippen MR) is 106 cm³/mol. The molecule has 0 radical (unpaired) electrons. The number of aryl methyl sites for hydroxylation is 2. The van der Waals surface area contributed by atoms with E-state index in [0.717, 1.165) is 42.7 Å². The molecule has 0 aliphatic carbocycles. The van der Waals surface area contributed by atoms with Crippen molar-refractivity contribution in [3.8, 4) is 11.5 Å². The lowest BCUT2D eigenvalue weighted by Gasteiger charge is -2.31. The summed E-state index contributed by atoms with van der Waals surface area (Å²) in [5, 5.41) is 10.1. The van der Waals surface area contributed by atoms with E-state index in [1.54, 1.807) is 7.11 Å². The van der Waals surface area contributed by atoms with Crippen molar-refractivity contribution in [2.24, 2.45) is 5.73 Å². The Bertz CT molecular complexity index is 685. The molecule has 0 saturated heterocycles. The maximum absolute atomic E-state index is 10.1. The highest BCUT2D eigenvalue weighted by Gasteiger charge is 2.29. The zero-order valence-corrected chi connectivity index (χ0v) is 16.1. The second-order valence-electron chi connectivity index (χ2n) is 7.12. The molecule has 0 heterocycles. The van der Waals surface area contributed by atoms with Gasteiger partial charge in [-0.15, -0.1) is 0 Å². The average Bonchev–Trinajstić information content (AvgIpc) is 2.65. The lowest BCUT2D eigenvalue weighted by atomic mass is 10.00. The summed E-state index contributed by atoms with van der Waals surface area (Å²) in [5.74, 6) is 1.73. The summed E-state index contributed by atoms with van der Waals surface area (Å²) in [6, 6.07) is 16.3. The Hall–Kier alpha value is -2.04. The SMILES string of the molecule is COc1cccc(CCCCc2ccccc2OC(C)(C)C(O)CN)c1. The van der Waals surface area contributed by atoms with E-state index in [9.17, 15) is 5.11 Å². The van der Waals surface area contributed by atoms with Crippen molar-refractivity contribution in [2.75, 3.05) is 13.7 Å². The Balaban J connectivity index is 1.91. The Labute approximate surface area is 156 Å². The van der Waals surface area contributed by atoms with Gasteiger partial charge in [0.1, 0.15) is 23.2 Å². The minimum atomic E-state index is -0.717. The third kappa shape index (κ3) is 5.75. The molecule has 4 nitrogen and oxygen atoms in total. The van der Waals surface area contributed by atoms with E-state index in [1.807, 2.05) is 44.2 Å². The van der Waals surface area contributed by atoms with Crippen molar-refractivity contribution < 1.29 is 14.6 Å². The third-order valence-electron chi connectivity index (χ3n) is 4.67. The maximum atomic E-state index is 10.1. The van der Waals surface area contributed by atoms with E-state index in [0.29, 0.717) is 0 Å². The quantitative estimate of drug-likeness (QED) is 0.636. The zero-order valence-electron chi connectivity index (χ0n) is 16.1. The molecule has 2 rings (SSSR count). The lowest BCUT2D eigenvalue weighted by Crippen LogP contribution is -2.46. The average molecular weight is 357 g/mol. The van der Waals surface area contributed by atoms with Gasteiger partial charge in [0, 0.05) is 6.54 Å². The summed E-state index contributed by atoms with van der Waals surface area (Å²) in [6.07, 6.45) is 3.42. The van der Waals surface area contributed by atoms with E-state index in [2.05, 4.69) is 18.2 Å². The number of ether oxygens (including phenoxy) is 2. The predicted octanol–water partition coefficient (Wildman–Crippen LogP) is 3.74. The van der Waals surface area contributed by atoms with E-state index in [4.69, 9.17) is 15.2 Å². The maximum Gasteiger partial charge on any atom is 0.130 e. The molecule has 2 aromatic rings. The van der Waals surface area contributed by atoms with Crippen LogP contribution in [0.25, 0.3) is 0 Å². The van der Waals surface area contributed by atoms with Crippen LogP contribution in [0.15, 0.2) is 48.5 Å². The van der Waals surface area contributed by atoms with Crippen molar-refractivity contribution in [2.45, 2.75) is 51.2 Å². The molecule has 142 valence electrons. The Morgan fingerprint density at radius 1 is 1.04 bits per heavy atom. The van der Waals surface area contributed by atoms with Crippen LogP contribution in [0.1, 0.15) is 37.8 Å². The smallest absolute Gasteiger partial charge is 0.130 e. The summed E-state index contributed by atoms with van der Waals surface area (Å²) in [5.41, 5.74) is 7.32. The van der Waals surface area contributed by atoms with Crippen LogP contribution in [0.3, 0.4) is 0 Å². The molecule has 4 heteroatoms. The number of nitrogens with two attached hydrogens (primary N) is 1. The molecular formula is C22H31NO3. The monoisotopic (exact) mass is 357 g/mol. The molecule has 0 spiro atoms. The molecule has 0 bridgehead atoms. The second-order valence-corrected chi connectivity index (χ2v) is 7.12. The fourth-order valence-corrected chi connectivity index (χ4v) is 2.92. The van der Waals surface area contributed by atoms with E-state index < -0.39 is 11.7 Å². The largest absolute Gasteiger partial charge is 0.497 e. The van der Waals surface area contributed by atoms with Gasteiger partial charge in [-0.2, -0.15) is 0 Å². The van der Waals surface area contributed by atoms with Gasteiger partial charge in [-0.3, -0.25) is 0 Å². The second kappa shape index (κ2) is 9.60. The third-order valence-corrected chi connectivity index (χ3v) is 4.67.